The Morgan fingerprint density at radius 3 is 2.64 bits per heavy atom. The van der Waals surface area contributed by atoms with E-state index >= 15 is 0 Å². The molecule has 1 saturated heterocycles. The first-order valence-corrected chi connectivity index (χ1v) is 10.1. The van der Waals surface area contributed by atoms with Gasteiger partial charge in [-0.25, -0.2) is 9.18 Å². The van der Waals surface area contributed by atoms with Gasteiger partial charge in [0, 0.05) is 23.2 Å². The number of benzene rings is 1. The van der Waals surface area contributed by atoms with Crippen molar-refractivity contribution >= 4 is 50.9 Å². The van der Waals surface area contributed by atoms with Gasteiger partial charge in [-0.2, -0.15) is 0 Å². The van der Waals surface area contributed by atoms with Crippen LogP contribution >= 0.6 is 22.9 Å². The van der Waals surface area contributed by atoms with Crippen molar-refractivity contribution in [3.8, 4) is 0 Å². The molecule has 6 nitrogen and oxygen atoms in total. The molecule has 28 heavy (non-hydrogen) atoms. The lowest BCUT2D eigenvalue weighted by Gasteiger charge is -2.30. The van der Waals surface area contributed by atoms with Crippen LogP contribution in [0.3, 0.4) is 0 Å². The molecular formula is C19H19ClFNO5S. The highest BCUT2D eigenvalue weighted by atomic mass is 35.5. The van der Waals surface area contributed by atoms with Crippen molar-refractivity contribution in [3.05, 3.63) is 33.9 Å². The monoisotopic (exact) mass is 427 g/mol. The number of amides is 1. The molecule has 0 aliphatic carbocycles. The van der Waals surface area contributed by atoms with Crippen LogP contribution in [0.4, 0.5) is 4.39 Å². The molecule has 0 radical (unpaired) electrons. The predicted molar refractivity (Wildman–Crippen MR) is 103 cm³/mol. The number of hydrogen-bond donors (Lipinski definition) is 0. The van der Waals surface area contributed by atoms with E-state index in [-0.39, 0.29) is 27.7 Å². The Bertz CT molecular complexity index is 907. The molecule has 3 rings (SSSR count). The normalized spacial score (nSPS) is 14.9. The van der Waals surface area contributed by atoms with E-state index in [4.69, 9.17) is 21.1 Å². The number of likely N-dealkylation sites (tertiary alicyclic amines) is 1. The fourth-order valence-corrected chi connectivity index (χ4v) is 4.51. The highest BCUT2D eigenvalue weighted by Crippen LogP contribution is 2.36. The summed E-state index contributed by atoms with van der Waals surface area (Å²) >= 11 is 7.21. The van der Waals surface area contributed by atoms with Gasteiger partial charge in [-0.1, -0.05) is 11.6 Å². The summed E-state index contributed by atoms with van der Waals surface area (Å²) in [7, 11) is 0. The predicted octanol–water partition coefficient (Wildman–Crippen LogP) is 3.65. The number of carbonyl (C=O) groups excluding carboxylic acids is 3. The molecule has 9 heteroatoms. The fraction of sp³-hybridized carbons (Fsp3) is 0.421. The summed E-state index contributed by atoms with van der Waals surface area (Å²) in [5.74, 6) is -1.92. The topological polar surface area (TPSA) is 72.9 Å². The number of thiophene rings is 1. The first kappa shape index (κ1) is 20.5. The van der Waals surface area contributed by atoms with Crippen LogP contribution in [0, 0.1) is 11.7 Å². The second-order valence-electron chi connectivity index (χ2n) is 6.37. The third kappa shape index (κ3) is 4.44. The van der Waals surface area contributed by atoms with Gasteiger partial charge in [-0.15, -0.1) is 11.3 Å². The lowest BCUT2D eigenvalue weighted by Crippen LogP contribution is -2.42. The summed E-state index contributed by atoms with van der Waals surface area (Å²) in [4.78, 5) is 38.0. The number of piperidine rings is 1. The molecule has 1 aliphatic heterocycles. The molecule has 0 spiro atoms. The standard InChI is InChI=1S/C19H19ClFNO5S/c1-2-26-18(24)11-5-7-22(8-6-11)15(23)10-27-19(25)17-16(20)13-4-3-12(21)9-14(13)28-17/h3-4,9,11H,2,5-8,10H2,1H3. The number of carbonyl (C=O) groups is 3. The highest BCUT2D eigenvalue weighted by molar-refractivity contribution is 7.21. The summed E-state index contributed by atoms with van der Waals surface area (Å²) in [6.45, 7) is 2.48. The molecule has 1 fully saturated rings. The van der Waals surface area contributed by atoms with Crippen LogP contribution in [0.1, 0.15) is 29.4 Å². The second-order valence-corrected chi connectivity index (χ2v) is 7.80. The van der Waals surface area contributed by atoms with Crippen LogP contribution in [0.5, 0.6) is 0 Å². The zero-order valence-electron chi connectivity index (χ0n) is 15.2. The smallest absolute Gasteiger partial charge is 0.350 e. The molecule has 0 bridgehead atoms. The summed E-state index contributed by atoms with van der Waals surface area (Å²) in [5.41, 5.74) is 0. The van der Waals surface area contributed by atoms with E-state index in [0.29, 0.717) is 42.6 Å². The van der Waals surface area contributed by atoms with E-state index in [0.717, 1.165) is 11.3 Å². The van der Waals surface area contributed by atoms with E-state index in [2.05, 4.69) is 0 Å². The molecule has 0 atom stereocenters. The van der Waals surface area contributed by atoms with Crippen molar-refractivity contribution in [1.29, 1.82) is 0 Å². The maximum absolute atomic E-state index is 13.3. The minimum atomic E-state index is -0.721. The third-order valence-corrected chi connectivity index (χ3v) is 6.21. The van der Waals surface area contributed by atoms with Crippen molar-refractivity contribution in [2.45, 2.75) is 19.8 Å². The van der Waals surface area contributed by atoms with E-state index in [1.807, 2.05) is 0 Å². The first-order valence-electron chi connectivity index (χ1n) is 8.89. The van der Waals surface area contributed by atoms with Gasteiger partial charge in [0.15, 0.2) is 6.61 Å². The molecule has 150 valence electrons. The van der Waals surface area contributed by atoms with Crippen LogP contribution < -0.4 is 0 Å². The van der Waals surface area contributed by atoms with E-state index in [9.17, 15) is 18.8 Å². The zero-order valence-corrected chi connectivity index (χ0v) is 16.8. The molecule has 2 aromatic rings. The third-order valence-electron chi connectivity index (χ3n) is 4.57. The highest BCUT2D eigenvalue weighted by Gasteiger charge is 2.29. The van der Waals surface area contributed by atoms with Gasteiger partial charge in [0.05, 0.1) is 17.5 Å². The molecule has 0 N–H and O–H groups in total. The van der Waals surface area contributed by atoms with Gasteiger partial charge in [0.25, 0.3) is 5.91 Å². The van der Waals surface area contributed by atoms with Gasteiger partial charge in [-0.3, -0.25) is 9.59 Å². The number of nitrogens with zero attached hydrogens (tertiary/aromatic N) is 1. The Balaban J connectivity index is 1.54. The zero-order chi connectivity index (χ0) is 20.3. The molecule has 1 amide bonds. The summed E-state index contributed by atoms with van der Waals surface area (Å²) in [6, 6.07) is 4.06. The average Bonchev–Trinajstić information content (AvgIpc) is 3.02. The van der Waals surface area contributed by atoms with E-state index in [1.165, 1.54) is 18.2 Å². The first-order chi connectivity index (χ1) is 13.4. The number of esters is 2. The van der Waals surface area contributed by atoms with Crippen LogP contribution in [0.25, 0.3) is 10.1 Å². The van der Waals surface area contributed by atoms with Crippen molar-refractivity contribution in [1.82, 2.24) is 4.90 Å². The lowest BCUT2D eigenvalue weighted by molar-refractivity contribution is -0.151. The van der Waals surface area contributed by atoms with Crippen molar-refractivity contribution in [3.63, 3.8) is 0 Å². The summed E-state index contributed by atoms with van der Waals surface area (Å²) in [5, 5.41) is 0.750. The minimum Gasteiger partial charge on any atom is -0.466 e. The molecular weight excluding hydrogens is 409 g/mol. The molecule has 2 heterocycles. The number of ether oxygens (including phenoxy) is 2. The van der Waals surface area contributed by atoms with Crippen LogP contribution in [-0.4, -0.2) is 49.0 Å². The Labute approximate surface area is 170 Å². The maximum Gasteiger partial charge on any atom is 0.350 e. The Hall–Kier alpha value is -2.19. The second kappa shape index (κ2) is 8.87. The van der Waals surface area contributed by atoms with Crippen molar-refractivity contribution in [2.75, 3.05) is 26.3 Å². The van der Waals surface area contributed by atoms with Gasteiger partial charge >= 0.3 is 11.9 Å². The quantitative estimate of drug-likeness (QED) is 0.681. The fourth-order valence-electron chi connectivity index (χ4n) is 3.08. The number of rotatable bonds is 5. The Kier molecular flexibility index (Phi) is 6.51. The molecule has 1 aromatic carbocycles. The lowest BCUT2D eigenvalue weighted by atomic mass is 9.97. The van der Waals surface area contributed by atoms with Crippen LogP contribution in [0.15, 0.2) is 18.2 Å². The van der Waals surface area contributed by atoms with Crippen molar-refractivity contribution in [2.24, 2.45) is 5.92 Å². The van der Waals surface area contributed by atoms with Gasteiger partial charge < -0.3 is 14.4 Å². The Morgan fingerprint density at radius 2 is 1.96 bits per heavy atom. The van der Waals surface area contributed by atoms with Crippen LogP contribution in [-0.2, 0) is 19.1 Å². The molecule has 0 unspecified atom stereocenters. The number of hydrogen-bond acceptors (Lipinski definition) is 6. The molecule has 1 aromatic heterocycles. The Morgan fingerprint density at radius 1 is 1.25 bits per heavy atom. The molecule has 1 aliphatic rings. The SMILES string of the molecule is CCOC(=O)C1CCN(C(=O)COC(=O)c2sc3cc(F)ccc3c2Cl)CC1. The van der Waals surface area contributed by atoms with Crippen LogP contribution in [0.2, 0.25) is 5.02 Å². The van der Waals surface area contributed by atoms with E-state index < -0.39 is 18.4 Å². The largest absolute Gasteiger partial charge is 0.466 e. The van der Waals surface area contributed by atoms with Gasteiger partial charge in [0.2, 0.25) is 0 Å². The van der Waals surface area contributed by atoms with Gasteiger partial charge in [-0.05, 0) is 38.0 Å². The van der Waals surface area contributed by atoms with Gasteiger partial charge in [0.1, 0.15) is 10.7 Å². The summed E-state index contributed by atoms with van der Waals surface area (Å²) in [6.07, 6.45) is 1.04. The van der Waals surface area contributed by atoms with E-state index in [1.54, 1.807) is 11.8 Å². The maximum atomic E-state index is 13.3. The number of fused-ring (bicyclic) bond motifs is 1. The average molecular weight is 428 g/mol. The van der Waals surface area contributed by atoms with Crippen molar-refractivity contribution < 1.29 is 28.2 Å². The minimum absolute atomic E-state index is 0.135. The summed E-state index contributed by atoms with van der Waals surface area (Å²) < 4.78 is 24.0. The number of halogens is 2. The molecule has 0 saturated carbocycles.